The van der Waals surface area contributed by atoms with Crippen molar-refractivity contribution in [2.24, 2.45) is 0 Å². The van der Waals surface area contributed by atoms with E-state index < -0.39 is 11.6 Å². The van der Waals surface area contributed by atoms with E-state index in [4.69, 9.17) is 11.6 Å². The van der Waals surface area contributed by atoms with Gasteiger partial charge in [0.1, 0.15) is 16.8 Å². The van der Waals surface area contributed by atoms with Gasteiger partial charge in [-0.25, -0.2) is 13.8 Å². The molecule has 2 aromatic heterocycles. The minimum absolute atomic E-state index is 0.111. The third kappa shape index (κ3) is 2.66. The van der Waals surface area contributed by atoms with Crippen LogP contribution in [0, 0.1) is 18.6 Å². The van der Waals surface area contributed by atoms with E-state index in [1.54, 1.807) is 16.8 Å². The number of rotatable bonds is 2. The standard InChI is InChI=1S/C19H12ClF2N3/c1-11-2-4-12(5-3-11)17-16(14-7-6-13(21)10-15(14)22)18(20)24-19-23-8-9-25(17)19/h2-10H,1H3. The van der Waals surface area contributed by atoms with Crippen molar-refractivity contribution in [3.63, 3.8) is 0 Å². The molecular formula is C19H12ClF2N3. The van der Waals surface area contributed by atoms with Crippen molar-refractivity contribution in [3.8, 4) is 22.4 Å². The Hall–Kier alpha value is -2.79. The molecule has 2 aromatic carbocycles. The highest BCUT2D eigenvalue weighted by atomic mass is 35.5. The molecule has 0 spiro atoms. The quantitative estimate of drug-likeness (QED) is 0.456. The van der Waals surface area contributed by atoms with Gasteiger partial charge in [-0.3, -0.25) is 4.40 Å². The Balaban J connectivity index is 2.11. The number of hydrogen-bond donors (Lipinski definition) is 0. The Morgan fingerprint density at radius 2 is 1.80 bits per heavy atom. The third-order valence-electron chi connectivity index (χ3n) is 4.03. The van der Waals surface area contributed by atoms with Crippen LogP contribution in [0.2, 0.25) is 5.15 Å². The SMILES string of the molecule is Cc1ccc(-c2c(-c3ccc(F)cc3F)c(Cl)nc3nccn23)cc1. The highest BCUT2D eigenvalue weighted by Crippen LogP contribution is 2.38. The third-order valence-corrected chi connectivity index (χ3v) is 4.30. The van der Waals surface area contributed by atoms with Gasteiger partial charge in [0.2, 0.25) is 5.78 Å². The van der Waals surface area contributed by atoms with Crippen molar-refractivity contribution in [2.45, 2.75) is 6.92 Å². The molecule has 124 valence electrons. The summed E-state index contributed by atoms with van der Waals surface area (Å²) in [7, 11) is 0. The van der Waals surface area contributed by atoms with Gasteiger partial charge in [0, 0.05) is 29.6 Å². The first kappa shape index (κ1) is 15.7. The van der Waals surface area contributed by atoms with Gasteiger partial charge in [-0.15, -0.1) is 0 Å². The number of nitrogens with zero attached hydrogens (tertiary/aromatic N) is 3. The fourth-order valence-electron chi connectivity index (χ4n) is 2.84. The number of imidazole rings is 1. The summed E-state index contributed by atoms with van der Waals surface area (Å²) in [4.78, 5) is 8.40. The minimum Gasteiger partial charge on any atom is -0.283 e. The molecule has 0 unspecified atom stereocenters. The van der Waals surface area contributed by atoms with E-state index in [1.165, 1.54) is 12.1 Å². The van der Waals surface area contributed by atoms with Gasteiger partial charge in [0.25, 0.3) is 0 Å². The zero-order valence-electron chi connectivity index (χ0n) is 13.2. The lowest BCUT2D eigenvalue weighted by atomic mass is 9.99. The normalized spacial score (nSPS) is 11.2. The Kier molecular flexibility index (Phi) is 3.73. The van der Waals surface area contributed by atoms with E-state index in [-0.39, 0.29) is 10.7 Å². The summed E-state index contributed by atoms with van der Waals surface area (Å²) in [6.45, 7) is 1.98. The molecule has 0 aliphatic rings. The molecule has 0 radical (unpaired) electrons. The maximum atomic E-state index is 14.5. The van der Waals surface area contributed by atoms with Crippen molar-refractivity contribution in [2.75, 3.05) is 0 Å². The summed E-state index contributed by atoms with van der Waals surface area (Å²) < 4.78 is 29.5. The largest absolute Gasteiger partial charge is 0.283 e. The molecule has 25 heavy (non-hydrogen) atoms. The lowest BCUT2D eigenvalue weighted by Gasteiger charge is -2.15. The molecule has 2 heterocycles. The van der Waals surface area contributed by atoms with Gasteiger partial charge in [-0.1, -0.05) is 41.4 Å². The highest BCUT2D eigenvalue weighted by Gasteiger charge is 2.20. The Bertz CT molecular complexity index is 1090. The van der Waals surface area contributed by atoms with Crippen LogP contribution in [0.25, 0.3) is 28.2 Å². The maximum absolute atomic E-state index is 14.5. The summed E-state index contributed by atoms with van der Waals surface area (Å²) >= 11 is 6.37. The van der Waals surface area contributed by atoms with E-state index in [0.717, 1.165) is 17.2 Å². The second-order valence-electron chi connectivity index (χ2n) is 5.71. The molecule has 0 saturated heterocycles. The molecule has 0 N–H and O–H groups in total. The molecule has 0 aliphatic carbocycles. The summed E-state index contributed by atoms with van der Waals surface area (Å²) in [5.74, 6) is -0.936. The van der Waals surface area contributed by atoms with Gasteiger partial charge in [0.05, 0.1) is 5.69 Å². The van der Waals surface area contributed by atoms with Gasteiger partial charge < -0.3 is 0 Å². The van der Waals surface area contributed by atoms with Gasteiger partial charge >= 0.3 is 0 Å². The monoisotopic (exact) mass is 355 g/mol. The molecule has 6 heteroatoms. The smallest absolute Gasteiger partial charge is 0.235 e. The predicted molar refractivity (Wildman–Crippen MR) is 93.5 cm³/mol. The average Bonchev–Trinajstić information content (AvgIpc) is 3.03. The van der Waals surface area contributed by atoms with Crippen LogP contribution in [0.3, 0.4) is 0 Å². The first-order valence-corrected chi connectivity index (χ1v) is 7.97. The highest BCUT2D eigenvalue weighted by molar-refractivity contribution is 6.33. The summed E-state index contributed by atoms with van der Waals surface area (Å²) in [5, 5.41) is 0.111. The van der Waals surface area contributed by atoms with Gasteiger partial charge in [0.15, 0.2) is 0 Å². The second-order valence-corrected chi connectivity index (χ2v) is 6.07. The van der Waals surface area contributed by atoms with Gasteiger partial charge in [-0.2, -0.15) is 4.98 Å². The van der Waals surface area contributed by atoms with Crippen LogP contribution in [-0.4, -0.2) is 14.4 Å². The molecule has 0 aliphatic heterocycles. The van der Waals surface area contributed by atoms with Crippen LogP contribution in [0.15, 0.2) is 54.9 Å². The molecule has 0 atom stereocenters. The Morgan fingerprint density at radius 3 is 2.52 bits per heavy atom. The lowest BCUT2D eigenvalue weighted by molar-refractivity contribution is 0.585. The first-order valence-electron chi connectivity index (χ1n) is 7.59. The van der Waals surface area contributed by atoms with Crippen molar-refractivity contribution >= 4 is 17.4 Å². The van der Waals surface area contributed by atoms with Crippen LogP contribution in [0.1, 0.15) is 5.56 Å². The molecule has 0 saturated carbocycles. The van der Waals surface area contributed by atoms with E-state index >= 15 is 0 Å². The van der Waals surface area contributed by atoms with Crippen molar-refractivity contribution in [1.29, 1.82) is 0 Å². The van der Waals surface area contributed by atoms with E-state index in [1.807, 2.05) is 31.2 Å². The van der Waals surface area contributed by atoms with Crippen LogP contribution >= 0.6 is 11.6 Å². The topological polar surface area (TPSA) is 30.2 Å². The van der Waals surface area contributed by atoms with Crippen LogP contribution < -0.4 is 0 Å². The molecule has 0 amide bonds. The molecule has 4 rings (SSSR count). The second kappa shape index (κ2) is 5.93. The van der Waals surface area contributed by atoms with Gasteiger partial charge in [-0.05, 0) is 24.6 Å². The minimum atomic E-state index is -0.698. The number of benzene rings is 2. The van der Waals surface area contributed by atoms with E-state index in [2.05, 4.69) is 9.97 Å². The number of aromatic nitrogens is 3. The molecule has 3 nitrogen and oxygen atoms in total. The molecule has 0 bridgehead atoms. The van der Waals surface area contributed by atoms with E-state index in [9.17, 15) is 8.78 Å². The van der Waals surface area contributed by atoms with E-state index in [0.29, 0.717) is 17.0 Å². The number of fused-ring (bicyclic) bond motifs is 1. The lowest BCUT2D eigenvalue weighted by Crippen LogP contribution is -2.01. The molecule has 0 fully saturated rings. The zero-order chi connectivity index (χ0) is 17.6. The Morgan fingerprint density at radius 1 is 1.04 bits per heavy atom. The van der Waals surface area contributed by atoms with Crippen molar-refractivity contribution in [3.05, 3.63) is 77.2 Å². The summed E-state index contributed by atoms with van der Waals surface area (Å²) in [6.07, 6.45) is 3.33. The van der Waals surface area contributed by atoms with Crippen LogP contribution in [0.4, 0.5) is 8.78 Å². The molecule has 4 aromatic rings. The first-order chi connectivity index (χ1) is 12.0. The maximum Gasteiger partial charge on any atom is 0.235 e. The van der Waals surface area contributed by atoms with Crippen LogP contribution in [0.5, 0.6) is 0 Å². The van der Waals surface area contributed by atoms with Crippen molar-refractivity contribution in [1.82, 2.24) is 14.4 Å². The average molecular weight is 356 g/mol. The molecular weight excluding hydrogens is 344 g/mol. The number of hydrogen-bond acceptors (Lipinski definition) is 2. The number of aryl methyl sites for hydroxylation is 1. The number of halogens is 3. The van der Waals surface area contributed by atoms with Crippen molar-refractivity contribution < 1.29 is 8.78 Å². The fourth-order valence-corrected chi connectivity index (χ4v) is 3.11. The predicted octanol–water partition coefficient (Wildman–Crippen LogP) is 5.30. The fraction of sp³-hybridized carbons (Fsp3) is 0.0526. The zero-order valence-corrected chi connectivity index (χ0v) is 13.9. The summed E-state index contributed by atoms with van der Waals surface area (Å²) in [5.41, 5.74) is 3.16. The summed E-state index contributed by atoms with van der Waals surface area (Å²) in [6, 6.07) is 11.2. The Labute approximate surface area is 147 Å². The van der Waals surface area contributed by atoms with Crippen LogP contribution in [-0.2, 0) is 0 Å².